The summed E-state index contributed by atoms with van der Waals surface area (Å²) in [4.78, 5) is 30.4. The second kappa shape index (κ2) is 8.55. The molecule has 2 atom stereocenters. The smallest absolute Gasteiger partial charge is 0.258 e. The van der Waals surface area contributed by atoms with Gasteiger partial charge in [0.2, 0.25) is 5.89 Å². The Morgan fingerprint density at radius 2 is 1.90 bits per heavy atom. The molecule has 164 valence electrons. The number of hydrogen-bond acceptors (Lipinski definition) is 6. The molecule has 0 radical (unpaired) electrons. The third-order valence-corrected chi connectivity index (χ3v) is 5.42. The summed E-state index contributed by atoms with van der Waals surface area (Å²) in [5, 5.41) is 14.2. The Kier molecular flexibility index (Phi) is 6.22. The molecule has 8 heteroatoms. The van der Waals surface area contributed by atoms with Crippen LogP contribution in [0.4, 0.5) is 4.39 Å². The number of carbonyl (C=O) groups is 1. The maximum atomic E-state index is 13.4. The molecule has 0 fully saturated rings. The van der Waals surface area contributed by atoms with Crippen LogP contribution in [0.25, 0.3) is 11.1 Å². The van der Waals surface area contributed by atoms with Gasteiger partial charge in [-0.1, -0.05) is 24.2 Å². The van der Waals surface area contributed by atoms with E-state index in [-0.39, 0.29) is 29.2 Å². The van der Waals surface area contributed by atoms with Crippen molar-refractivity contribution >= 4 is 5.78 Å². The summed E-state index contributed by atoms with van der Waals surface area (Å²) in [5.74, 6) is -0.105. The number of rotatable bonds is 7. The molecule has 3 rings (SSSR count). The van der Waals surface area contributed by atoms with Gasteiger partial charge in [-0.05, 0) is 51.5 Å². The van der Waals surface area contributed by atoms with E-state index in [1.807, 2.05) is 0 Å². The number of aromatic nitrogens is 3. The molecular formula is C23H26FN3O4. The van der Waals surface area contributed by atoms with Gasteiger partial charge in [0.05, 0.1) is 11.6 Å². The number of aryl methyl sites for hydroxylation is 1. The highest BCUT2D eigenvalue weighted by Crippen LogP contribution is 2.26. The van der Waals surface area contributed by atoms with E-state index in [0.717, 1.165) is 0 Å². The lowest BCUT2D eigenvalue weighted by Gasteiger charge is -2.28. The van der Waals surface area contributed by atoms with Crippen LogP contribution in [-0.4, -0.2) is 31.2 Å². The molecule has 31 heavy (non-hydrogen) atoms. The standard InChI is InChI=1S/C23H26FN3O4/c1-13(21-25-15(3)26-31-21)10-20(28)17-11-19(16-6-8-18(24)9-7-16)22(29)27(12-17)14(2)23(4,5)30/h6-9,11-14,30H,10H2,1-5H3/t13-,14+/m0/s1. The van der Waals surface area contributed by atoms with Crippen LogP contribution >= 0.6 is 0 Å². The monoisotopic (exact) mass is 427 g/mol. The number of Topliss-reactive ketones (excluding diaryl/α,β-unsaturated/α-hetero) is 1. The van der Waals surface area contributed by atoms with E-state index in [2.05, 4.69) is 10.1 Å². The Bertz CT molecular complexity index is 1140. The SMILES string of the molecule is Cc1noc([C@@H](C)CC(=O)c2cc(-c3ccc(F)cc3)c(=O)n([C@H](C)C(C)(C)O)c2)n1. The summed E-state index contributed by atoms with van der Waals surface area (Å²) in [7, 11) is 0. The molecule has 0 aliphatic carbocycles. The molecule has 3 aromatic rings. The van der Waals surface area contributed by atoms with E-state index in [4.69, 9.17) is 4.52 Å². The summed E-state index contributed by atoms with van der Waals surface area (Å²) in [6, 6.07) is 6.40. The van der Waals surface area contributed by atoms with Crippen LogP contribution in [0.3, 0.4) is 0 Å². The number of nitrogens with zero attached hydrogens (tertiary/aromatic N) is 3. The molecule has 0 aliphatic heterocycles. The van der Waals surface area contributed by atoms with Gasteiger partial charge in [0.1, 0.15) is 5.82 Å². The molecule has 2 heterocycles. The highest BCUT2D eigenvalue weighted by Gasteiger charge is 2.27. The fraction of sp³-hybridized carbons (Fsp3) is 0.391. The number of carbonyl (C=O) groups excluding carboxylic acids is 1. The number of aliphatic hydroxyl groups is 1. The van der Waals surface area contributed by atoms with Gasteiger partial charge in [0.15, 0.2) is 11.6 Å². The lowest BCUT2D eigenvalue weighted by molar-refractivity contribution is 0.0291. The minimum absolute atomic E-state index is 0.0968. The molecule has 0 spiro atoms. The van der Waals surface area contributed by atoms with Gasteiger partial charge in [0.25, 0.3) is 5.56 Å². The second-order valence-electron chi connectivity index (χ2n) is 8.40. The lowest BCUT2D eigenvalue weighted by Crippen LogP contribution is -2.37. The van der Waals surface area contributed by atoms with Gasteiger partial charge in [-0.15, -0.1) is 0 Å². The predicted molar refractivity (Wildman–Crippen MR) is 114 cm³/mol. The van der Waals surface area contributed by atoms with Gasteiger partial charge >= 0.3 is 0 Å². The van der Waals surface area contributed by atoms with Crippen molar-refractivity contribution in [1.82, 2.24) is 14.7 Å². The zero-order chi connectivity index (χ0) is 22.9. The molecule has 0 unspecified atom stereocenters. The molecule has 2 aromatic heterocycles. The van der Waals surface area contributed by atoms with Gasteiger partial charge in [-0.2, -0.15) is 4.98 Å². The first-order valence-electron chi connectivity index (χ1n) is 10.0. The zero-order valence-corrected chi connectivity index (χ0v) is 18.2. The maximum absolute atomic E-state index is 13.4. The minimum atomic E-state index is -1.21. The van der Waals surface area contributed by atoms with Crippen molar-refractivity contribution in [3.05, 3.63) is 70.0 Å². The number of halogens is 1. The van der Waals surface area contributed by atoms with Crippen molar-refractivity contribution in [1.29, 1.82) is 0 Å². The Balaban J connectivity index is 2.06. The van der Waals surface area contributed by atoms with E-state index in [1.54, 1.807) is 34.6 Å². The fourth-order valence-corrected chi connectivity index (χ4v) is 3.22. The van der Waals surface area contributed by atoms with Gasteiger partial charge in [0, 0.05) is 29.7 Å². The lowest BCUT2D eigenvalue weighted by atomic mass is 9.96. The summed E-state index contributed by atoms with van der Waals surface area (Å²) in [5.41, 5.74) is -0.543. The van der Waals surface area contributed by atoms with E-state index in [0.29, 0.717) is 22.8 Å². The van der Waals surface area contributed by atoms with E-state index in [1.165, 1.54) is 41.1 Å². The van der Waals surface area contributed by atoms with Gasteiger partial charge in [-0.25, -0.2) is 4.39 Å². The molecule has 7 nitrogen and oxygen atoms in total. The van der Waals surface area contributed by atoms with Crippen molar-refractivity contribution < 1.29 is 18.8 Å². The van der Waals surface area contributed by atoms with Crippen LogP contribution in [0.5, 0.6) is 0 Å². The highest BCUT2D eigenvalue weighted by molar-refractivity contribution is 5.97. The van der Waals surface area contributed by atoms with E-state index in [9.17, 15) is 19.1 Å². The van der Waals surface area contributed by atoms with Crippen molar-refractivity contribution in [2.45, 2.75) is 58.6 Å². The van der Waals surface area contributed by atoms with Crippen molar-refractivity contribution in [3.63, 3.8) is 0 Å². The van der Waals surface area contributed by atoms with Crippen LogP contribution in [0.2, 0.25) is 0 Å². The molecule has 1 N–H and O–H groups in total. The Hall–Kier alpha value is -3.13. The van der Waals surface area contributed by atoms with Crippen LogP contribution in [0.1, 0.15) is 68.1 Å². The third kappa shape index (κ3) is 4.96. The van der Waals surface area contributed by atoms with Crippen LogP contribution in [0.15, 0.2) is 45.8 Å². The molecule has 0 saturated carbocycles. The molecule has 0 amide bonds. The highest BCUT2D eigenvalue weighted by atomic mass is 19.1. The normalized spacial score (nSPS) is 13.8. The summed E-state index contributed by atoms with van der Waals surface area (Å²) >= 11 is 0. The average molecular weight is 427 g/mol. The average Bonchev–Trinajstić information content (AvgIpc) is 3.14. The van der Waals surface area contributed by atoms with Crippen molar-refractivity contribution in [2.75, 3.05) is 0 Å². The first-order valence-corrected chi connectivity index (χ1v) is 10.0. The third-order valence-electron chi connectivity index (χ3n) is 5.42. The Morgan fingerprint density at radius 3 is 2.45 bits per heavy atom. The number of pyridine rings is 1. The van der Waals surface area contributed by atoms with Gasteiger partial charge < -0.3 is 14.2 Å². The Morgan fingerprint density at radius 1 is 1.26 bits per heavy atom. The summed E-state index contributed by atoms with van der Waals surface area (Å²) < 4.78 is 19.9. The quantitative estimate of drug-likeness (QED) is 0.571. The Labute approximate surface area is 179 Å². The first-order chi connectivity index (χ1) is 14.5. The minimum Gasteiger partial charge on any atom is -0.388 e. The van der Waals surface area contributed by atoms with Crippen molar-refractivity contribution in [3.8, 4) is 11.1 Å². The van der Waals surface area contributed by atoms with E-state index >= 15 is 0 Å². The molecular weight excluding hydrogens is 401 g/mol. The van der Waals surface area contributed by atoms with E-state index < -0.39 is 17.5 Å². The van der Waals surface area contributed by atoms with Crippen LogP contribution < -0.4 is 5.56 Å². The summed E-state index contributed by atoms with van der Waals surface area (Å²) in [6.45, 7) is 8.39. The maximum Gasteiger partial charge on any atom is 0.258 e. The largest absolute Gasteiger partial charge is 0.388 e. The fourth-order valence-electron chi connectivity index (χ4n) is 3.22. The number of benzene rings is 1. The van der Waals surface area contributed by atoms with Crippen LogP contribution in [0, 0.1) is 12.7 Å². The molecule has 0 saturated heterocycles. The van der Waals surface area contributed by atoms with Gasteiger partial charge in [-0.3, -0.25) is 9.59 Å². The molecule has 1 aromatic carbocycles. The molecule has 0 aliphatic rings. The topological polar surface area (TPSA) is 98.2 Å². The zero-order valence-electron chi connectivity index (χ0n) is 18.2. The number of ketones is 1. The van der Waals surface area contributed by atoms with Crippen LogP contribution in [-0.2, 0) is 0 Å². The first kappa shape index (κ1) is 22.6. The second-order valence-corrected chi connectivity index (χ2v) is 8.40. The van der Waals surface area contributed by atoms with Crippen molar-refractivity contribution in [2.24, 2.45) is 0 Å². The molecule has 0 bridgehead atoms. The number of hydrogen-bond donors (Lipinski definition) is 1. The summed E-state index contributed by atoms with van der Waals surface area (Å²) in [6.07, 6.45) is 1.56. The predicted octanol–water partition coefficient (Wildman–Crippen LogP) is 4.05.